The van der Waals surface area contributed by atoms with Crippen molar-refractivity contribution in [1.29, 1.82) is 0 Å². The van der Waals surface area contributed by atoms with Crippen molar-refractivity contribution in [2.45, 2.75) is 18.9 Å². The summed E-state index contributed by atoms with van der Waals surface area (Å²) in [7, 11) is 0. The Balaban J connectivity index is 1.46. The molecule has 2 heterocycles. The molecule has 8 heteroatoms. The second-order valence-corrected chi connectivity index (χ2v) is 6.24. The molecule has 1 aromatic carbocycles. The Morgan fingerprint density at radius 3 is 2.88 bits per heavy atom. The molecule has 1 saturated heterocycles. The smallest absolute Gasteiger partial charge is 0.227 e. The quantitative estimate of drug-likeness (QED) is 0.719. The number of halogens is 1. The van der Waals surface area contributed by atoms with Gasteiger partial charge in [0.25, 0.3) is 0 Å². The lowest BCUT2D eigenvalue weighted by Crippen LogP contribution is -2.34. The first kappa shape index (κ1) is 16.9. The normalized spacial score (nSPS) is 20.2. The van der Waals surface area contributed by atoms with Gasteiger partial charge in [-0.15, -0.1) is 0 Å². The molecular weight excluding hydrogens is 332 g/mol. The van der Waals surface area contributed by atoms with E-state index in [0.29, 0.717) is 36.2 Å². The van der Waals surface area contributed by atoms with Crippen LogP contribution in [0.2, 0.25) is 5.02 Å². The van der Waals surface area contributed by atoms with Gasteiger partial charge < -0.3 is 20.3 Å². The average Bonchev–Trinajstić information content (AvgIpc) is 3.21. The summed E-state index contributed by atoms with van der Waals surface area (Å²) in [5, 5.41) is 20.1. The maximum absolute atomic E-state index is 11.9. The number of rotatable bonds is 6. The average molecular weight is 351 g/mol. The predicted octanol–water partition coefficient (Wildman–Crippen LogP) is 1.02. The van der Waals surface area contributed by atoms with Crippen molar-refractivity contribution in [1.82, 2.24) is 20.8 Å². The largest absolute Gasteiger partial charge is 0.391 e. The van der Waals surface area contributed by atoms with Crippen LogP contribution >= 0.6 is 11.6 Å². The van der Waals surface area contributed by atoms with Crippen LogP contribution in [0.25, 0.3) is 11.4 Å². The fourth-order valence-corrected chi connectivity index (χ4v) is 2.68. The zero-order valence-corrected chi connectivity index (χ0v) is 13.8. The van der Waals surface area contributed by atoms with Gasteiger partial charge in [0.2, 0.25) is 17.6 Å². The highest BCUT2D eigenvalue weighted by atomic mass is 35.5. The van der Waals surface area contributed by atoms with Gasteiger partial charge in [0.1, 0.15) is 0 Å². The summed E-state index contributed by atoms with van der Waals surface area (Å²) in [4.78, 5) is 16.2. The highest BCUT2D eigenvalue weighted by Crippen LogP contribution is 2.19. The first-order valence-corrected chi connectivity index (χ1v) is 8.23. The van der Waals surface area contributed by atoms with Crippen LogP contribution in [0.3, 0.4) is 0 Å². The van der Waals surface area contributed by atoms with E-state index >= 15 is 0 Å². The maximum atomic E-state index is 11.9. The lowest BCUT2D eigenvalue weighted by Gasteiger charge is -2.13. The lowest BCUT2D eigenvalue weighted by atomic mass is 10.1. The number of aromatic nitrogens is 2. The van der Waals surface area contributed by atoms with Gasteiger partial charge in [0.15, 0.2) is 0 Å². The Morgan fingerprint density at radius 1 is 1.38 bits per heavy atom. The van der Waals surface area contributed by atoms with Crippen molar-refractivity contribution in [3.05, 3.63) is 35.2 Å². The molecule has 128 valence electrons. The second-order valence-electron chi connectivity index (χ2n) is 5.81. The van der Waals surface area contributed by atoms with Gasteiger partial charge >= 0.3 is 0 Å². The summed E-state index contributed by atoms with van der Waals surface area (Å²) >= 11 is 5.85. The molecule has 1 fully saturated rings. The summed E-state index contributed by atoms with van der Waals surface area (Å²) in [6, 6.07) is 7.13. The third kappa shape index (κ3) is 4.31. The molecular formula is C16H19ClN4O3. The summed E-state index contributed by atoms with van der Waals surface area (Å²) in [6.45, 7) is 1.76. The minimum absolute atomic E-state index is 0.0638. The van der Waals surface area contributed by atoms with Crippen LogP contribution in [0.5, 0.6) is 0 Å². The highest BCUT2D eigenvalue weighted by Gasteiger charge is 2.25. The van der Waals surface area contributed by atoms with E-state index in [0.717, 1.165) is 12.1 Å². The molecule has 0 radical (unpaired) electrons. The van der Waals surface area contributed by atoms with Crippen LogP contribution in [0, 0.1) is 5.92 Å². The van der Waals surface area contributed by atoms with Gasteiger partial charge in [-0.1, -0.05) is 16.8 Å². The van der Waals surface area contributed by atoms with Gasteiger partial charge in [0, 0.05) is 49.0 Å². The molecule has 0 aliphatic carbocycles. The number of hydrogen-bond donors (Lipinski definition) is 3. The van der Waals surface area contributed by atoms with Gasteiger partial charge in [-0.25, -0.2) is 0 Å². The van der Waals surface area contributed by atoms with E-state index in [2.05, 4.69) is 20.8 Å². The van der Waals surface area contributed by atoms with Crippen LogP contribution in [-0.4, -0.2) is 46.9 Å². The molecule has 3 N–H and O–H groups in total. The zero-order valence-electron chi connectivity index (χ0n) is 13.0. The fraction of sp³-hybridized carbons (Fsp3) is 0.438. The third-order valence-electron chi connectivity index (χ3n) is 4.00. The number of aliphatic hydroxyl groups excluding tert-OH is 1. The van der Waals surface area contributed by atoms with Crippen LogP contribution in [0.15, 0.2) is 28.8 Å². The van der Waals surface area contributed by atoms with E-state index < -0.39 is 6.10 Å². The minimum Gasteiger partial charge on any atom is -0.391 e. The summed E-state index contributed by atoms with van der Waals surface area (Å²) in [6.07, 6.45) is 0.235. The summed E-state index contributed by atoms with van der Waals surface area (Å²) in [5.74, 6) is 0.856. The molecule has 1 aromatic heterocycles. The molecule has 2 unspecified atom stereocenters. The first-order valence-electron chi connectivity index (χ1n) is 7.86. The number of aliphatic hydroxyl groups is 1. The molecule has 7 nitrogen and oxygen atoms in total. The van der Waals surface area contributed by atoms with Gasteiger partial charge in [0.05, 0.1) is 6.10 Å². The van der Waals surface area contributed by atoms with Gasteiger partial charge in [-0.2, -0.15) is 4.98 Å². The molecule has 1 aliphatic rings. The first-order chi connectivity index (χ1) is 11.6. The van der Waals surface area contributed by atoms with Gasteiger partial charge in [-0.05, 0) is 24.3 Å². The standard InChI is InChI=1S/C16H19ClN4O3/c17-12-3-1-10(2-4-12)16-20-15(24-21-16)6-5-14(23)19-8-11-7-18-9-13(11)22/h1-4,11,13,18,22H,5-9H2,(H,19,23). The minimum atomic E-state index is -0.400. The number of carbonyl (C=O) groups is 1. The van der Waals surface area contributed by atoms with Crippen molar-refractivity contribution < 1.29 is 14.4 Å². The van der Waals surface area contributed by atoms with E-state index in [9.17, 15) is 9.90 Å². The number of nitrogens with zero attached hydrogens (tertiary/aromatic N) is 2. The predicted molar refractivity (Wildman–Crippen MR) is 88.4 cm³/mol. The summed E-state index contributed by atoms with van der Waals surface area (Å²) < 4.78 is 5.17. The topological polar surface area (TPSA) is 100 Å². The molecule has 3 rings (SSSR count). The van der Waals surface area contributed by atoms with Crippen LogP contribution in [0.4, 0.5) is 0 Å². The van der Waals surface area contributed by atoms with Gasteiger partial charge in [-0.3, -0.25) is 4.79 Å². The van der Waals surface area contributed by atoms with E-state index in [1.807, 2.05) is 12.1 Å². The molecule has 2 atom stereocenters. The van der Waals surface area contributed by atoms with Crippen molar-refractivity contribution in [2.24, 2.45) is 5.92 Å². The van der Waals surface area contributed by atoms with E-state index in [-0.39, 0.29) is 18.2 Å². The van der Waals surface area contributed by atoms with Crippen molar-refractivity contribution >= 4 is 17.5 Å². The Morgan fingerprint density at radius 2 is 2.17 bits per heavy atom. The number of aryl methyl sites for hydroxylation is 1. The van der Waals surface area contributed by atoms with E-state index in [1.54, 1.807) is 12.1 Å². The SMILES string of the molecule is O=C(CCc1nc(-c2ccc(Cl)cc2)no1)NCC1CNCC1O. The van der Waals surface area contributed by atoms with E-state index in [4.69, 9.17) is 16.1 Å². The number of hydrogen-bond acceptors (Lipinski definition) is 6. The van der Waals surface area contributed by atoms with Crippen LogP contribution in [0.1, 0.15) is 12.3 Å². The second kappa shape index (κ2) is 7.74. The number of benzene rings is 1. The maximum Gasteiger partial charge on any atom is 0.227 e. The molecule has 2 aromatic rings. The molecule has 0 saturated carbocycles. The lowest BCUT2D eigenvalue weighted by molar-refractivity contribution is -0.121. The molecule has 24 heavy (non-hydrogen) atoms. The highest BCUT2D eigenvalue weighted by molar-refractivity contribution is 6.30. The molecule has 1 aliphatic heterocycles. The molecule has 1 amide bonds. The van der Waals surface area contributed by atoms with Crippen molar-refractivity contribution in [2.75, 3.05) is 19.6 Å². The van der Waals surface area contributed by atoms with Crippen LogP contribution < -0.4 is 10.6 Å². The van der Waals surface area contributed by atoms with Crippen molar-refractivity contribution in [3.63, 3.8) is 0 Å². The molecule has 0 bridgehead atoms. The Bertz CT molecular complexity index is 689. The van der Waals surface area contributed by atoms with Crippen molar-refractivity contribution in [3.8, 4) is 11.4 Å². The molecule has 0 spiro atoms. The number of amides is 1. The van der Waals surface area contributed by atoms with E-state index in [1.165, 1.54) is 0 Å². The zero-order chi connectivity index (χ0) is 16.9. The Hall–Kier alpha value is -1.96. The Labute approximate surface area is 144 Å². The third-order valence-corrected chi connectivity index (χ3v) is 4.25. The number of nitrogens with one attached hydrogen (secondary N) is 2. The monoisotopic (exact) mass is 350 g/mol. The Kier molecular flexibility index (Phi) is 5.44. The summed E-state index contributed by atoms with van der Waals surface area (Å²) in [5.41, 5.74) is 0.807. The number of carbonyl (C=O) groups excluding carboxylic acids is 1. The number of β-amino-alcohol motifs (C(OH)–C–C–N with tert-alkyl or cyclic N) is 1. The fourth-order valence-electron chi connectivity index (χ4n) is 2.55. The van der Waals surface area contributed by atoms with Crippen LogP contribution in [-0.2, 0) is 11.2 Å².